The molecule has 0 aliphatic carbocycles. The Kier molecular flexibility index (Phi) is 5.62. The molecule has 3 rings (SSSR count). The molecule has 2 aromatic carbocycles. The van der Waals surface area contributed by atoms with E-state index >= 15 is 0 Å². The molecule has 1 heterocycles. The Morgan fingerprint density at radius 3 is 2.59 bits per heavy atom. The summed E-state index contributed by atoms with van der Waals surface area (Å²) in [4.78, 5) is 18.9. The Balaban J connectivity index is 1.80. The van der Waals surface area contributed by atoms with Gasteiger partial charge in [0.1, 0.15) is 10.6 Å². The molecule has 0 saturated carbocycles. The third-order valence-corrected chi connectivity index (χ3v) is 5.34. The summed E-state index contributed by atoms with van der Waals surface area (Å²) in [5.41, 5.74) is 1.56. The Labute approximate surface area is 166 Å². The van der Waals surface area contributed by atoms with Gasteiger partial charge in [0.05, 0.1) is 17.6 Å². The number of aromatic nitrogens is 2. The normalized spacial score (nSPS) is 12.5. The van der Waals surface area contributed by atoms with E-state index in [1.807, 2.05) is 0 Å². The van der Waals surface area contributed by atoms with Gasteiger partial charge in [-0.2, -0.15) is 8.42 Å². The van der Waals surface area contributed by atoms with Gasteiger partial charge in [-0.25, -0.2) is 9.78 Å². The number of fused-ring (bicyclic) bond motifs is 1. The fraction of sp³-hybridized carbons (Fsp3) is 0.222. The molecule has 29 heavy (non-hydrogen) atoms. The van der Waals surface area contributed by atoms with Crippen molar-refractivity contribution in [2.75, 3.05) is 23.9 Å². The van der Waals surface area contributed by atoms with Crippen LogP contribution in [0.4, 0.5) is 16.4 Å². The van der Waals surface area contributed by atoms with Crippen molar-refractivity contribution in [3.63, 3.8) is 0 Å². The highest BCUT2D eigenvalue weighted by Crippen LogP contribution is 2.25. The molecule has 0 aliphatic heterocycles. The predicted molar refractivity (Wildman–Crippen MR) is 107 cm³/mol. The van der Waals surface area contributed by atoms with E-state index in [4.69, 9.17) is 14.4 Å². The molecule has 0 saturated heterocycles. The second-order valence-electron chi connectivity index (χ2n) is 6.37. The van der Waals surface area contributed by atoms with E-state index in [-0.39, 0.29) is 29.2 Å². The number of H-pyrrole nitrogens is 1. The highest BCUT2D eigenvalue weighted by atomic mass is 32.2. The van der Waals surface area contributed by atoms with Crippen LogP contribution in [-0.2, 0) is 10.1 Å². The van der Waals surface area contributed by atoms with Gasteiger partial charge >= 0.3 is 16.2 Å². The number of aromatic amines is 1. The molecule has 0 aliphatic rings. The van der Waals surface area contributed by atoms with Crippen LogP contribution in [0.25, 0.3) is 11.0 Å². The van der Waals surface area contributed by atoms with Crippen LogP contribution in [0.1, 0.15) is 6.92 Å². The zero-order chi connectivity index (χ0) is 21.2. The van der Waals surface area contributed by atoms with Crippen LogP contribution in [0, 0.1) is 0 Å². The maximum atomic E-state index is 12.5. The summed E-state index contributed by atoms with van der Waals surface area (Å²) >= 11 is 0. The zero-order valence-corrected chi connectivity index (χ0v) is 16.5. The van der Waals surface area contributed by atoms with Gasteiger partial charge in [0.2, 0.25) is 5.95 Å². The standard InChI is InChI=1S/C18H20N4O6S/c1-11(10-23)19-12-3-6-14(7-4-12)29(26,27)28-13-5-8-15-16(9-13)21-17(20-15)22(2)18(24)25/h3-9,11,19,23H,10H2,1-2H3,(H,20,21)(H,24,25). The molecule has 11 heteroatoms. The Hall–Kier alpha value is -3.31. The van der Waals surface area contributed by atoms with Gasteiger partial charge in [0, 0.05) is 24.8 Å². The third-order valence-electron chi connectivity index (χ3n) is 4.08. The van der Waals surface area contributed by atoms with Crippen LogP contribution in [0.3, 0.4) is 0 Å². The number of carboxylic acid groups (broad SMARTS) is 1. The third kappa shape index (κ3) is 4.58. The van der Waals surface area contributed by atoms with E-state index in [1.165, 1.54) is 31.3 Å². The summed E-state index contributed by atoms with van der Waals surface area (Å²) in [6, 6.07) is 10.2. The average molecular weight is 420 g/mol. The Morgan fingerprint density at radius 2 is 1.97 bits per heavy atom. The fourth-order valence-corrected chi connectivity index (χ4v) is 3.42. The molecule has 0 fully saturated rings. The first-order valence-electron chi connectivity index (χ1n) is 8.58. The number of benzene rings is 2. The quantitative estimate of drug-likeness (QED) is 0.426. The number of anilines is 2. The summed E-state index contributed by atoms with van der Waals surface area (Å²) in [6.07, 6.45) is -1.19. The van der Waals surface area contributed by atoms with E-state index in [0.29, 0.717) is 16.7 Å². The molecule has 4 N–H and O–H groups in total. The van der Waals surface area contributed by atoms with Crippen molar-refractivity contribution in [1.29, 1.82) is 0 Å². The molecular weight excluding hydrogens is 400 g/mol. The first-order valence-corrected chi connectivity index (χ1v) is 9.99. The van der Waals surface area contributed by atoms with Gasteiger partial charge in [0.25, 0.3) is 0 Å². The summed E-state index contributed by atoms with van der Waals surface area (Å²) < 4.78 is 30.2. The smallest absolute Gasteiger partial charge is 0.413 e. The minimum absolute atomic E-state index is 0.0341. The molecule has 0 radical (unpaired) electrons. The SMILES string of the molecule is CC(CO)Nc1ccc(S(=O)(=O)Oc2ccc3[nH]c(N(C)C(=O)O)nc3c2)cc1. The summed E-state index contributed by atoms with van der Waals surface area (Å²) in [5, 5.41) is 21.1. The lowest BCUT2D eigenvalue weighted by Gasteiger charge is -2.13. The van der Waals surface area contributed by atoms with Gasteiger partial charge in [-0.3, -0.25) is 4.90 Å². The van der Waals surface area contributed by atoms with E-state index < -0.39 is 16.2 Å². The number of imidazole rings is 1. The Bertz CT molecular complexity index is 1130. The lowest BCUT2D eigenvalue weighted by molar-refractivity contribution is 0.203. The van der Waals surface area contributed by atoms with Crippen LogP contribution < -0.4 is 14.4 Å². The van der Waals surface area contributed by atoms with Crippen LogP contribution >= 0.6 is 0 Å². The average Bonchev–Trinajstić information content (AvgIpc) is 3.10. The Morgan fingerprint density at radius 1 is 1.28 bits per heavy atom. The first-order chi connectivity index (χ1) is 13.7. The highest BCUT2D eigenvalue weighted by Gasteiger charge is 2.18. The van der Waals surface area contributed by atoms with Gasteiger partial charge in [0.15, 0.2) is 0 Å². The maximum Gasteiger partial charge on any atom is 0.413 e. The van der Waals surface area contributed by atoms with Crippen LogP contribution in [0.2, 0.25) is 0 Å². The molecule has 1 atom stereocenters. The lowest BCUT2D eigenvalue weighted by Crippen LogP contribution is -2.24. The minimum atomic E-state index is -4.08. The fourth-order valence-electron chi connectivity index (χ4n) is 2.50. The number of nitrogens with one attached hydrogen (secondary N) is 2. The number of hydrogen-bond donors (Lipinski definition) is 4. The minimum Gasteiger partial charge on any atom is -0.465 e. The molecule has 0 spiro atoms. The molecular formula is C18H20N4O6S. The molecule has 10 nitrogen and oxygen atoms in total. The predicted octanol–water partition coefficient (Wildman–Crippen LogP) is 2.24. The zero-order valence-electron chi connectivity index (χ0n) is 15.7. The number of hydrogen-bond acceptors (Lipinski definition) is 7. The molecule has 0 bridgehead atoms. The van der Waals surface area contributed by atoms with Gasteiger partial charge < -0.3 is 24.7 Å². The van der Waals surface area contributed by atoms with E-state index in [1.54, 1.807) is 25.1 Å². The second-order valence-corrected chi connectivity index (χ2v) is 7.92. The van der Waals surface area contributed by atoms with Crippen LogP contribution in [-0.4, -0.2) is 54.4 Å². The number of amides is 1. The van der Waals surface area contributed by atoms with Crippen molar-refractivity contribution in [2.45, 2.75) is 17.9 Å². The van der Waals surface area contributed by atoms with Gasteiger partial charge in [-0.15, -0.1) is 0 Å². The van der Waals surface area contributed by atoms with Crippen molar-refractivity contribution in [3.05, 3.63) is 42.5 Å². The number of aliphatic hydroxyl groups excluding tert-OH is 1. The molecule has 1 unspecified atom stereocenters. The van der Waals surface area contributed by atoms with Crippen molar-refractivity contribution in [2.24, 2.45) is 0 Å². The van der Waals surface area contributed by atoms with Crippen LogP contribution in [0.15, 0.2) is 47.4 Å². The molecule has 1 amide bonds. The van der Waals surface area contributed by atoms with Crippen molar-refractivity contribution in [1.82, 2.24) is 9.97 Å². The topological polar surface area (TPSA) is 145 Å². The second kappa shape index (κ2) is 7.97. The molecule has 3 aromatic rings. The van der Waals surface area contributed by atoms with Gasteiger partial charge in [-0.1, -0.05) is 0 Å². The maximum absolute atomic E-state index is 12.5. The summed E-state index contributed by atoms with van der Waals surface area (Å²) in [6.45, 7) is 1.74. The van der Waals surface area contributed by atoms with E-state index in [0.717, 1.165) is 4.90 Å². The first kappa shape index (κ1) is 20.4. The number of aliphatic hydroxyl groups is 1. The molecule has 1 aromatic heterocycles. The lowest BCUT2D eigenvalue weighted by atomic mass is 10.3. The van der Waals surface area contributed by atoms with Gasteiger partial charge in [-0.05, 0) is 43.3 Å². The van der Waals surface area contributed by atoms with Crippen molar-refractivity contribution >= 4 is 38.9 Å². The monoisotopic (exact) mass is 420 g/mol. The van der Waals surface area contributed by atoms with Crippen molar-refractivity contribution in [3.8, 4) is 5.75 Å². The summed E-state index contributed by atoms with van der Waals surface area (Å²) in [7, 11) is -2.74. The number of nitrogens with zero attached hydrogens (tertiary/aromatic N) is 2. The van der Waals surface area contributed by atoms with E-state index in [2.05, 4.69) is 15.3 Å². The highest BCUT2D eigenvalue weighted by molar-refractivity contribution is 7.87. The largest absolute Gasteiger partial charge is 0.465 e. The number of rotatable bonds is 7. The van der Waals surface area contributed by atoms with Crippen molar-refractivity contribution < 1.29 is 27.6 Å². The summed E-state index contributed by atoms with van der Waals surface area (Å²) in [5.74, 6) is 0.150. The molecule has 154 valence electrons. The van der Waals surface area contributed by atoms with E-state index in [9.17, 15) is 13.2 Å². The van der Waals surface area contributed by atoms with Crippen LogP contribution in [0.5, 0.6) is 5.75 Å². The number of carbonyl (C=O) groups is 1.